The van der Waals surface area contributed by atoms with Crippen LogP contribution in [0, 0.1) is 23.7 Å². The van der Waals surface area contributed by atoms with Crippen molar-refractivity contribution in [1.82, 2.24) is 48.2 Å². The average molecular weight is 966 g/mol. The zero-order valence-corrected chi connectivity index (χ0v) is 41.4. The molecule has 0 spiro atoms. The summed E-state index contributed by atoms with van der Waals surface area (Å²) in [5.74, 6) is 0.396. The second-order valence-electron chi connectivity index (χ2n) is 17.3. The Kier molecular flexibility index (Phi) is 21.8. The summed E-state index contributed by atoms with van der Waals surface area (Å²) >= 11 is 0. The third-order valence-corrected chi connectivity index (χ3v) is 12.6. The van der Waals surface area contributed by atoms with Crippen LogP contribution in [0.5, 0.6) is 0 Å². The van der Waals surface area contributed by atoms with Crippen LogP contribution in [0.25, 0.3) is 22.3 Å². The number of methoxy groups -OCH3 is 2. The number of carboxylic acids is 1. The molecular formula is C47H66FLiN14O7. The molecule has 0 aliphatic heterocycles. The van der Waals surface area contributed by atoms with Crippen LogP contribution in [0.15, 0.2) is 71.0 Å². The van der Waals surface area contributed by atoms with Crippen LogP contribution in [-0.4, -0.2) is 122 Å². The molecular weight excluding hydrogens is 899 g/mol. The Morgan fingerprint density at radius 1 is 0.757 bits per heavy atom. The number of anilines is 4. The van der Waals surface area contributed by atoms with E-state index in [2.05, 4.69) is 30.2 Å². The van der Waals surface area contributed by atoms with Crippen LogP contribution >= 0.6 is 0 Å². The summed E-state index contributed by atoms with van der Waals surface area (Å²) in [5, 5.41) is 14.0. The number of halogens is 1. The molecule has 0 unspecified atom stereocenters. The van der Waals surface area contributed by atoms with Crippen molar-refractivity contribution >= 4 is 57.5 Å². The Labute approximate surface area is 420 Å². The van der Waals surface area contributed by atoms with Gasteiger partial charge in [0.1, 0.15) is 11.0 Å². The fourth-order valence-corrected chi connectivity index (χ4v) is 8.44. The van der Waals surface area contributed by atoms with Crippen LogP contribution < -0.4 is 56.2 Å². The Morgan fingerprint density at radius 2 is 1.16 bits per heavy atom. The van der Waals surface area contributed by atoms with Gasteiger partial charge in [0.2, 0.25) is 17.8 Å². The maximum atomic E-state index is 12.9. The first-order valence-corrected chi connectivity index (χ1v) is 22.9. The van der Waals surface area contributed by atoms with Gasteiger partial charge in [-0.1, -0.05) is 0 Å². The van der Waals surface area contributed by atoms with Gasteiger partial charge in [-0.3, -0.25) is 37.4 Å². The number of alkyl halides is 1. The largest absolute Gasteiger partial charge is 1.00 e. The molecule has 23 heteroatoms. The number of likely N-dealkylation sites (N-methyl/N-ethyl adjacent to an activating group) is 2. The number of aromatic nitrogens is 10. The number of aryl methyl sites for hydroxylation is 2. The molecule has 2 fully saturated rings. The number of pyridine rings is 2. The first-order chi connectivity index (χ1) is 33.7. The number of aliphatic carboxylic acids is 1. The summed E-state index contributed by atoms with van der Waals surface area (Å²) in [6.45, 7) is 3.55. The van der Waals surface area contributed by atoms with Gasteiger partial charge in [-0.2, -0.15) is 9.97 Å². The maximum absolute atomic E-state index is 12.9. The summed E-state index contributed by atoms with van der Waals surface area (Å²) in [6, 6.07) is 7.08. The van der Waals surface area contributed by atoms with E-state index in [1.54, 1.807) is 108 Å². The molecule has 0 aromatic carbocycles. The van der Waals surface area contributed by atoms with Crippen molar-refractivity contribution in [3.8, 4) is 0 Å². The SMILES string of the molecule is COCCN(C)c1ncc2c(n1)n(CC1CCC(C(=O)Nc3ccncc3)CC1)c(=O)n2C.COCCN(C)c1ncc2c(n1)n(CC1CCC(C(=O)[O-])CC1)c(=O)n2C.Nc1ccncc1.[2H]CF.[Li+]. The second-order valence-corrected chi connectivity index (χ2v) is 17.3. The van der Waals surface area contributed by atoms with E-state index in [1.165, 1.54) is 0 Å². The Balaban J connectivity index is 0.000000258. The number of hydrogen-bond acceptors (Lipinski definition) is 16. The van der Waals surface area contributed by atoms with Gasteiger partial charge in [-0.25, -0.2) is 19.6 Å². The molecule has 374 valence electrons. The van der Waals surface area contributed by atoms with E-state index in [-0.39, 0.29) is 53.9 Å². The maximum Gasteiger partial charge on any atom is 1.00 e. The number of ether oxygens (including phenoxy) is 2. The number of carbonyl (C=O) groups is 2. The molecule has 0 bridgehead atoms. The van der Waals surface area contributed by atoms with Gasteiger partial charge in [0.15, 0.2) is 11.3 Å². The molecule has 2 aliphatic rings. The number of nitrogens with two attached hydrogens (primary N) is 1. The van der Waals surface area contributed by atoms with E-state index in [9.17, 15) is 28.7 Å². The number of imidazole rings is 2. The molecule has 6 aromatic rings. The Bertz CT molecular complexity index is 2690. The first-order valence-electron chi connectivity index (χ1n) is 23.6. The fraction of sp³-hybridized carbons (Fsp3) is 0.532. The fourth-order valence-electron chi connectivity index (χ4n) is 8.44. The van der Waals surface area contributed by atoms with Crippen LogP contribution in [0.4, 0.5) is 27.7 Å². The van der Waals surface area contributed by atoms with E-state index < -0.39 is 13.1 Å². The monoisotopic (exact) mass is 966 g/mol. The van der Waals surface area contributed by atoms with Crippen LogP contribution in [0.1, 0.15) is 52.7 Å². The number of nitrogen functional groups attached to an aromatic ring is 1. The minimum atomic E-state index is -1.00. The number of hydrogen-bond donors (Lipinski definition) is 2. The summed E-state index contributed by atoms with van der Waals surface area (Å²) in [4.78, 5) is 78.9. The average Bonchev–Trinajstić information content (AvgIpc) is 3.75. The number of amides is 1. The van der Waals surface area contributed by atoms with Crippen LogP contribution in [-0.2, 0) is 46.2 Å². The van der Waals surface area contributed by atoms with Gasteiger partial charge < -0.3 is 40.2 Å². The summed E-state index contributed by atoms with van der Waals surface area (Å²) in [6.07, 6.45) is 16.2. The van der Waals surface area contributed by atoms with Crippen molar-refractivity contribution in [3.63, 3.8) is 0 Å². The molecule has 0 saturated heterocycles. The number of rotatable bonds is 15. The quantitative estimate of drug-likeness (QED) is 0.129. The van der Waals surface area contributed by atoms with Crippen LogP contribution in [0.2, 0.25) is 0 Å². The molecule has 0 radical (unpaired) electrons. The molecule has 2 aliphatic carbocycles. The zero-order chi connectivity index (χ0) is 50.7. The van der Waals surface area contributed by atoms with Gasteiger partial charge in [-0.15, -0.1) is 0 Å². The van der Waals surface area contributed by atoms with Crippen LogP contribution in [0.3, 0.4) is 0 Å². The normalized spacial score (nSPS) is 17.6. The predicted octanol–water partition coefficient (Wildman–Crippen LogP) is 0.0751. The number of carboxylic acid groups (broad SMARTS) is 1. The van der Waals surface area contributed by atoms with E-state index in [0.717, 1.165) is 49.9 Å². The van der Waals surface area contributed by atoms with Crippen molar-refractivity contribution in [2.24, 2.45) is 37.8 Å². The van der Waals surface area contributed by atoms with E-state index >= 15 is 0 Å². The molecule has 21 nitrogen and oxygen atoms in total. The summed E-state index contributed by atoms with van der Waals surface area (Å²) < 4.78 is 32.3. The standard InChI is InChI=1S/C23H31N7O3.C18H27N5O4.C5H6N2.CH3F.Li/c1-28(12-13-33-3)22-25-14-19-20(27-22)30(23(32)29(19)2)15-16-4-6-17(7-5-16)21(31)26-18-8-10-24-11-9-18;1-21(8-9-27-3)17-19-10-14-15(20-17)23(18(26)22(14)2)11-12-4-6-13(7-5-12)16(24)25;6-5-1-3-7-4-2-5;1-2;/h8-11,14,16-17H,4-7,12-13,15H2,1-3H3,(H,24,26,31);10,12-13H,4-9,11H2,1-3H3,(H,24,25);1-4H,(H2,6,7);1H3;/q;;;;+1/p-1/i;;;1D;. The third-order valence-electron chi connectivity index (χ3n) is 12.6. The van der Waals surface area contributed by atoms with Crippen molar-refractivity contribution in [1.29, 1.82) is 0 Å². The van der Waals surface area contributed by atoms with Crippen molar-refractivity contribution in [2.45, 2.75) is 64.5 Å². The Hall–Kier alpha value is -6.21. The molecule has 8 rings (SSSR count). The number of nitrogens with one attached hydrogen (secondary N) is 1. The van der Waals surface area contributed by atoms with Crippen molar-refractivity contribution in [3.05, 3.63) is 82.4 Å². The summed E-state index contributed by atoms with van der Waals surface area (Å²) in [7, 11) is 9.55. The molecule has 2 saturated carbocycles. The zero-order valence-electron chi connectivity index (χ0n) is 42.4. The van der Waals surface area contributed by atoms with E-state index in [0.29, 0.717) is 92.4 Å². The Morgan fingerprint density at radius 3 is 1.53 bits per heavy atom. The van der Waals surface area contributed by atoms with E-state index in [1.807, 2.05) is 23.9 Å². The topological polar surface area (TPSA) is 251 Å². The minimum Gasteiger partial charge on any atom is -0.550 e. The van der Waals surface area contributed by atoms with Crippen molar-refractivity contribution in [2.75, 3.05) is 82.6 Å². The van der Waals surface area contributed by atoms with Crippen molar-refractivity contribution < 1.29 is 48.8 Å². The van der Waals surface area contributed by atoms with Gasteiger partial charge in [0.25, 0.3) is 0 Å². The van der Waals surface area contributed by atoms with Gasteiger partial charge in [0, 0.05) is 117 Å². The first kappa shape index (κ1) is 54.7. The van der Waals surface area contributed by atoms with E-state index in [4.69, 9.17) is 21.6 Å². The summed E-state index contributed by atoms with van der Waals surface area (Å²) in [5.41, 5.74) is 9.29. The smallest absolute Gasteiger partial charge is 0.550 e. The molecule has 1 amide bonds. The third kappa shape index (κ3) is 14.9. The predicted molar refractivity (Wildman–Crippen MR) is 260 cm³/mol. The minimum absolute atomic E-state index is 0. The molecule has 0 atom stereocenters. The number of nitrogens with zero attached hydrogens (tertiary/aromatic N) is 12. The van der Waals surface area contributed by atoms with Gasteiger partial charge >= 0.3 is 30.2 Å². The second kappa shape index (κ2) is 27.8. The molecule has 6 aromatic heterocycles. The van der Waals surface area contributed by atoms with Gasteiger partial charge in [0.05, 0.1) is 34.1 Å². The number of carbonyl (C=O) groups excluding carboxylic acids is 2. The number of fused-ring (bicyclic) bond motifs is 2. The molecule has 3 N–H and O–H groups in total. The molecule has 70 heavy (non-hydrogen) atoms. The van der Waals surface area contributed by atoms with Gasteiger partial charge in [-0.05, 0) is 93.4 Å². The molecule has 6 heterocycles.